The van der Waals surface area contributed by atoms with Gasteiger partial charge in [0.1, 0.15) is 5.78 Å². The highest BCUT2D eigenvalue weighted by Crippen LogP contribution is 2.47. The van der Waals surface area contributed by atoms with Crippen molar-refractivity contribution < 1.29 is 18.3 Å². The van der Waals surface area contributed by atoms with Crippen molar-refractivity contribution in [1.82, 2.24) is 8.87 Å². The number of ketones is 1. The van der Waals surface area contributed by atoms with E-state index in [0.29, 0.717) is 24.2 Å². The Labute approximate surface area is 204 Å². The van der Waals surface area contributed by atoms with Gasteiger partial charge in [-0.05, 0) is 35.7 Å². The average Bonchev–Trinajstić information content (AvgIpc) is 3.21. The molecule has 3 aromatic carbocycles. The number of hydrogen-bond donors (Lipinski definition) is 1. The summed E-state index contributed by atoms with van der Waals surface area (Å²) < 4.78 is 29.5. The standard InChI is InChI=1S/C28H26N2O4S/c31-18-23-25-15-22-21-13-7-8-14-24(21)30(35(33,34)20-11-5-2-6-12-20)28(22)26(16-27(23)32)29(25)17-19-9-3-1-4-10-19/h1-14,23,25-26,31H,15-18H2. The van der Waals surface area contributed by atoms with E-state index >= 15 is 0 Å². The highest BCUT2D eigenvalue weighted by Gasteiger charge is 2.49. The first kappa shape index (κ1) is 22.2. The number of para-hydroxylation sites is 1. The normalized spacial score (nSPS) is 22.3. The van der Waals surface area contributed by atoms with Crippen molar-refractivity contribution in [3.8, 4) is 0 Å². The van der Waals surface area contributed by atoms with Crippen LogP contribution >= 0.6 is 0 Å². The molecule has 1 aromatic heterocycles. The van der Waals surface area contributed by atoms with Gasteiger partial charge in [-0.25, -0.2) is 12.4 Å². The van der Waals surface area contributed by atoms with Gasteiger partial charge in [0.25, 0.3) is 10.0 Å². The zero-order valence-electron chi connectivity index (χ0n) is 19.1. The fraction of sp³-hybridized carbons (Fsp3) is 0.250. The molecule has 1 saturated heterocycles. The molecule has 7 heteroatoms. The topological polar surface area (TPSA) is 79.6 Å². The van der Waals surface area contributed by atoms with Gasteiger partial charge in [-0.2, -0.15) is 0 Å². The van der Waals surface area contributed by atoms with Crippen LogP contribution in [-0.4, -0.2) is 40.8 Å². The zero-order valence-corrected chi connectivity index (χ0v) is 19.9. The van der Waals surface area contributed by atoms with Gasteiger partial charge in [-0.3, -0.25) is 9.69 Å². The molecule has 0 amide bonds. The van der Waals surface area contributed by atoms with E-state index in [1.807, 2.05) is 54.6 Å². The Hall–Kier alpha value is -3.26. The van der Waals surface area contributed by atoms with E-state index in [4.69, 9.17) is 0 Å². The van der Waals surface area contributed by atoms with Crippen LogP contribution in [0, 0.1) is 5.92 Å². The molecular formula is C28H26N2O4S. The molecule has 2 aliphatic heterocycles. The summed E-state index contributed by atoms with van der Waals surface area (Å²) in [6.45, 7) is 0.365. The molecule has 0 spiro atoms. The largest absolute Gasteiger partial charge is 0.396 e. The Balaban J connectivity index is 1.60. The van der Waals surface area contributed by atoms with Gasteiger partial charge in [0.15, 0.2) is 0 Å². The molecule has 3 heterocycles. The summed E-state index contributed by atoms with van der Waals surface area (Å²) in [7, 11) is -3.90. The van der Waals surface area contributed by atoms with Gasteiger partial charge >= 0.3 is 0 Å². The zero-order chi connectivity index (χ0) is 24.2. The van der Waals surface area contributed by atoms with Crippen molar-refractivity contribution in [2.24, 2.45) is 5.92 Å². The number of aliphatic hydroxyl groups is 1. The maximum absolute atomic E-state index is 14.0. The fourth-order valence-electron chi connectivity index (χ4n) is 5.91. The second kappa shape index (κ2) is 8.45. The first-order chi connectivity index (χ1) is 17.0. The number of piperidine rings is 1. The van der Waals surface area contributed by atoms with Crippen LogP contribution in [0.3, 0.4) is 0 Å². The van der Waals surface area contributed by atoms with E-state index in [9.17, 15) is 18.3 Å². The summed E-state index contributed by atoms with van der Waals surface area (Å²) in [5, 5.41) is 11.0. The fourth-order valence-corrected chi connectivity index (χ4v) is 7.53. The van der Waals surface area contributed by atoms with Gasteiger partial charge in [0, 0.05) is 24.4 Å². The quantitative estimate of drug-likeness (QED) is 0.463. The van der Waals surface area contributed by atoms with Crippen LogP contribution in [0.25, 0.3) is 10.9 Å². The number of rotatable bonds is 5. The van der Waals surface area contributed by atoms with Crippen LogP contribution in [0.15, 0.2) is 89.8 Å². The molecule has 3 unspecified atom stereocenters. The molecule has 0 radical (unpaired) electrons. The van der Waals surface area contributed by atoms with Crippen LogP contribution in [0.4, 0.5) is 0 Å². The minimum Gasteiger partial charge on any atom is -0.396 e. The molecule has 4 aromatic rings. The predicted molar refractivity (Wildman–Crippen MR) is 133 cm³/mol. The van der Waals surface area contributed by atoms with Gasteiger partial charge in [-0.1, -0.05) is 66.7 Å². The molecule has 178 valence electrons. The van der Waals surface area contributed by atoms with Crippen molar-refractivity contribution in [2.45, 2.75) is 36.4 Å². The van der Waals surface area contributed by atoms with Crippen molar-refractivity contribution in [2.75, 3.05) is 6.61 Å². The molecule has 1 fully saturated rings. The predicted octanol–water partition coefficient (Wildman–Crippen LogP) is 3.93. The smallest absolute Gasteiger partial charge is 0.268 e. The van der Waals surface area contributed by atoms with Crippen molar-refractivity contribution in [3.63, 3.8) is 0 Å². The molecule has 1 N–H and O–H groups in total. The Morgan fingerprint density at radius 2 is 1.51 bits per heavy atom. The minimum absolute atomic E-state index is 0.00798. The first-order valence-corrected chi connectivity index (χ1v) is 13.3. The van der Waals surface area contributed by atoms with E-state index in [1.54, 1.807) is 30.3 Å². The SMILES string of the molecule is O=C1CC2c3c(c4ccccc4n3S(=O)(=O)c3ccccc3)CC(C1CO)N2Cc1ccccc1. The maximum atomic E-state index is 14.0. The molecule has 6 nitrogen and oxygen atoms in total. The number of Topliss-reactive ketones (excluding diaryl/α,β-unsaturated/α-hetero) is 1. The monoisotopic (exact) mass is 486 g/mol. The second-order valence-corrected chi connectivity index (χ2v) is 11.2. The summed E-state index contributed by atoms with van der Waals surface area (Å²) in [6, 6.07) is 25.4. The number of aromatic nitrogens is 1. The number of nitrogens with zero attached hydrogens (tertiary/aromatic N) is 2. The Bertz CT molecular complexity index is 1510. The van der Waals surface area contributed by atoms with E-state index < -0.39 is 22.0 Å². The van der Waals surface area contributed by atoms with Crippen molar-refractivity contribution in [3.05, 3.63) is 102 Å². The first-order valence-electron chi connectivity index (χ1n) is 11.9. The number of aliphatic hydroxyl groups excluding tert-OH is 1. The molecule has 35 heavy (non-hydrogen) atoms. The summed E-state index contributed by atoms with van der Waals surface area (Å²) in [5.74, 6) is -0.498. The molecule has 2 aliphatic rings. The second-order valence-electron chi connectivity index (χ2n) is 9.37. The summed E-state index contributed by atoms with van der Waals surface area (Å²) in [6.07, 6.45) is 0.676. The highest BCUT2D eigenvalue weighted by molar-refractivity contribution is 7.90. The third kappa shape index (κ3) is 3.45. The minimum atomic E-state index is -3.90. The number of hydrogen-bond acceptors (Lipinski definition) is 5. The van der Waals surface area contributed by atoms with E-state index in [2.05, 4.69) is 4.90 Å². The lowest BCUT2D eigenvalue weighted by Gasteiger charge is -2.49. The molecular weight excluding hydrogens is 460 g/mol. The van der Waals surface area contributed by atoms with E-state index in [1.165, 1.54) is 3.97 Å². The van der Waals surface area contributed by atoms with Gasteiger partial charge in [-0.15, -0.1) is 0 Å². The third-order valence-corrected chi connectivity index (χ3v) is 9.23. The molecule has 2 bridgehead atoms. The van der Waals surface area contributed by atoms with Crippen molar-refractivity contribution in [1.29, 1.82) is 0 Å². The lowest BCUT2D eigenvalue weighted by Crippen LogP contribution is -2.55. The van der Waals surface area contributed by atoms with Gasteiger partial charge < -0.3 is 5.11 Å². The van der Waals surface area contributed by atoms with Gasteiger partial charge in [0.2, 0.25) is 0 Å². The number of carbonyl (C=O) groups excluding carboxylic acids is 1. The Morgan fingerprint density at radius 3 is 2.23 bits per heavy atom. The Morgan fingerprint density at radius 1 is 0.857 bits per heavy atom. The maximum Gasteiger partial charge on any atom is 0.268 e. The van der Waals surface area contributed by atoms with E-state index in [0.717, 1.165) is 16.5 Å². The Kier molecular flexibility index (Phi) is 5.36. The molecule has 0 saturated carbocycles. The lowest BCUT2D eigenvalue weighted by molar-refractivity contribution is -0.135. The van der Waals surface area contributed by atoms with Gasteiger partial charge in [0.05, 0.1) is 34.7 Å². The molecule has 6 rings (SSSR count). The van der Waals surface area contributed by atoms with Crippen LogP contribution in [0.2, 0.25) is 0 Å². The summed E-state index contributed by atoms with van der Waals surface area (Å²) >= 11 is 0. The average molecular weight is 487 g/mol. The van der Waals surface area contributed by atoms with Crippen LogP contribution < -0.4 is 0 Å². The number of carbonyl (C=O) groups is 1. The van der Waals surface area contributed by atoms with Crippen molar-refractivity contribution >= 4 is 26.7 Å². The third-order valence-electron chi connectivity index (χ3n) is 7.49. The summed E-state index contributed by atoms with van der Waals surface area (Å²) in [5.41, 5.74) is 3.35. The van der Waals surface area contributed by atoms with Crippen LogP contribution in [-0.2, 0) is 27.8 Å². The van der Waals surface area contributed by atoms with Crippen LogP contribution in [0.1, 0.15) is 29.3 Å². The number of benzene rings is 3. The molecule has 3 atom stereocenters. The summed E-state index contributed by atoms with van der Waals surface area (Å²) in [4.78, 5) is 15.6. The lowest BCUT2D eigenvalue weighted by atomic mass is 9.75. The molecule has 0 aliphatic carbocycles. The number of fused-ring (bicyclic) bond motifs is 6. The van der Waals surface area contributed by atoms with E-state index in [-0.39, 0.29) is 29.7 Å². The highest BCUT2D eigenvalue weighted by atomic mass is 32.2. The van der Waals surface area contributed by atoms with Crippen LogP contribution in [0.5, 0.6) is 0 Å².